The Bertz CT molecular complexity index is 175. The van der Waals surface area contributed by atoms with E-state index in [1.54, 1.807) is 0 Å². The molecule has 2 heterocycles. The molecule has 2 rings (SSSR count). The standard InChI is InChI=1S/C13H26N2O.2ClH/c1-15(10-12-4-7-16-8-5-12)11-13-3-2-6-14-9-13;;/h12-14H,2-11H2,1H3;2*1H. The van der Waals surface area contributed by atoms with Gasteiger partial charge in [-0.15, -0.1) is 24.8 Å². The molecule has 2 aliphatic rings. The average molecular weight is 299 g/mol. The molecular formula is C13H28Cl2N2O. The molecule has 0 spiro atoms. The van der Waals surface area contributed by atoms with Crippen LogP contribution in [0.1, 0.15) is 25.7 Å². The second kappa shape index (κ2) is 10.3. The third kappa shape index (κ3) is 6.58. The lowest BCUT2D eigenvalue weighted by atomic mass is 9.97. The van der Waals surface area contributed by atoms with Crippen molar-refractivity contribution in [2.24, 2.45) is 11.8 Å². The molecule has 3 nitrogen and oxygen atoms in total. The highest BCUT2D eigenvalue weighted by Gasteiger charge is 2.19. The summed E-state index contributed by atoms with van der Waals surface area (Å²) in [6, 6.07) is 0. The summed E-state index contributed by atoms with van der Waals surface area (Å²) in [7, 11) is 2.28. The van der Waals surface area contributed by atoms with Crippen LogP contribution in [0.5, 0.6) is 0 Å². The van der Waals surface area contributed by atoms with Crippen LogP contribution in [0.25, 0.3) is 0 Å². The van der Waals surface area contributed by atoms with Crippen molar-refractivity contribution in [1.29, 1.82) is 0 Å². The maximum Gasteiger partial charge on any atom is 0.0469 e. The molecule has 5 heteroatoms. The van der Waals surface area contributed by atoms with Crippen LogP contribution in [0.2, 0.25) is 0 Å². The first-order valence-corrected chi connectivity index (χ1v) is 6.81. The van der Waals surface area contributed by atoms with Crippen molar-refractivity contribution in [3.8, 4) is 0 Å². The largest absolute Gasteiger partial charge is 0.381 e. The second-order valence-electron chi connectivity index (χ2n) is 5.49. The van der Waals surface area contributed by atoms with Crippen LogP contribution in [0.4, 0.5) is 0 Å². The molecule has 1 N–H and O–H groups in total. The molecule has 18 heavy (non-hydrogen) atoms. The Morgan fingerprint density at radius 2 is 1.72 bits per heavy atom. The van der Waals surface area contributed by atoms with Crippen molar-refractivity contribution in [2.75, 3.05) is 46.4 Å². The molecule has 2 fully saturated rings. The topological polar surface area (TPSA) is 24.5 Å². The smallest absolute Gasteiger partial charge is 0.0469 e. The minimum Gasteiger partial charge on any atom is -0.381 e. The van der Waals surface area contributed by atoms with Crippen LogP contribution < -0.4 is 5.32 Å². The Hall–Kier alpha value is 0.460. The molecule has 0 saturated carbocycles. The highest BCUT2D eigenvalue weighted by Crippen LogP contribution is 2.17. The van der Waals surface area contributed by atoms with Gasteiger partial charge in [-0.3, -0.25) is 0 Å². The van der Waals surface area contributed by atoms with E-state index in [-0.39, 0.29) is 24.8 Å². The maximum absolute atomic E-state index is 5.40. The van der Waals surface area contributed by atoms with E-state index in [9.17, 15) is 0 Å². The second-order valence-corrected chi connectivity index (χ2v) is 5.49. The number of nitrogens with one attached hydrogen (secondary N) is 1. The molecule has 2 aliphatic heterocycles. The van der Waals surface area contributed by atoms with E-state index in [2.05, 4.69) is 17.3 Å². The molecule has 110 valence electrons. The first-order chi connectivity index (χ1) is 7.84. The van der Waals surface area contributed by atoms with Crippen LogP contribution in [-0.2, 0) is 4.74 Å². The van der Waals surface area contributed by atoms with E-state index >= 15 is 0 Å². The third-order valence-electron chi connectivity index (χ3n) is 3.88. The molecule has 2 saturated heterocycles. The zero-order valence-corrected chi connectivity index (χ0v) is 13.0. The number of ether oxygens (including phenoxy) is 1. The highest BCUT2D eigenvalue weighted by atomic mass is 35.5. The van der Waals surface area contributed by atoms with Gasteiger partial charge in [0.05, 0.1) is 0 Å². The zero-order valence-electron chi connectivity index (χ0n) is 11.4. The number of halogens is 2. The minimum atomic E-state index is 0. The average Bonchev–Trinajstić information content (AvgIpc) is 2.31. The minimum absolute atomic E-state index is 0. The molecule has 0 aromatic rings. The molecule has 0 aromatic carbocycles. The Morgan fingerprint density at radius 1 is 1.06 bits per heavy atom. The van der Waals surface area contributed by atoms with E-state index in [1.165, 1.54) is 51.9 Å². The lowest BCUT2D eigenvalue weighted by Gasteiger charge is -2.31. The normalized spacial score (nSPS) is 25.3. The fraction of sp³-hybridized carbons (Fsp3) is 1.00. The summed E-state index contributed by atoms with van der Waals surface area (Å²) < 4.78 is 5.40. The Labute approximate surface area is 124 Å². The number of hydrogen-bond donors (Lipinski definition) is 1. The van der Waals surface area contributed by atoms with Crippen molar-refractivity contribution in [3.05, 3.63) is 0 Å². The van der Waals surface area contributed by atoms with E-state index in [1.807, 2.05) is 0 Å². The number of nitrogens with zero attached hydrogens (tertiary/aromatic N) is 1. The Balaban J connectivity index is 0.00000144. The van der Waals surface area contributed by atoms with Crippen LogP contribution >= 0.6 is 24.8 Å². The van der Waals surface area contributed by atoms with Gasteiger partial charge in [0, 0.05) is 26.3 Å². The molecule has 0 radical (unpaired) electrons. The fourth-order valence-corrected chi connectivity index (χ4v) is 2.96. The summed E-state index contributed by atoms with van der Waals surface area (Å²) in [5, 5.41) is 3.50. The summed E-state index contributed by atoms with van der Waals surface area (Å²) in [4.78, 5) is 2.54. The van der Waals surface area contributed by atoms with E-state index in [4.69, 9.17) is 4.74 Å². The fourth-order valence-electron chi connectivity index (χ4n) is 2.96. The van der Waals surface area contributed by atoms with Crippen molar-refractivity contribution in [1.82, 2.24) is 10.2 Å². The van der Waals surface area contributed by atoms with Crippen LogP contribution in [-0.4, -0.2) is 51.3 Å². The molecule has 0 bridgehead atoms. The number of rotatable bonds is 4. The lowest BCUT2D eigenvalue weighted by molar-refractivity contribution is 0.0535. The van der Waals surface area contributed by atoms with Crippen molar-refractivity contribution >= 4 is 24.8 Å². The van der Waals surface area contributed by atoms with Gasteiger partial charge in [0.1, 0.15) is 0 Å². The monoisotopic (exact) mass is 298 g/mol. The van der Waals surface area contributed by atoms with Gasteiger partial charge in [-0.05, 0) is 57.7 Å². The first-order valence-electron chi connectivity index (χ1n) is 6.81. The van der Waals surface area contributed by atoms with E-state index in [0.29, 0.717) is 0 Å². The van der Waals surface area contributed by atoms with Gasteiger partial charge >= 0.3 is 0 Å². The Morgan fingerprint density at radius 3 is 2.33 bits per heavy atom. The van der Waals surface area contributed by atoms with Gasteiger partial charge in [-0.2, -0.15) is 0 Å². The van der Waals surface area contributed by atoms with Crippen LogP contribution in [0.15, 0.2) is 0 Å². The molecule has 1 unspecified atom stereocenters. The number of piperidine rings is 1. The molecule has 0 amide bonds. The van der Waals surface area contributed by atoms with Gasteiger partial charge in [0.15, 0.2) is 0 Å². The first kappa shape index (κ1) is 18.5. The van der Waals surface area contributed by atoms with Gasteiger partial charge in [0.2, 0.25) is 0 Å². The van der Waals surface area contributed by atoms with Crippen molar-refractivity contribution in [2.45, 2.75) is 25.7 Å². The van der Waals surface area contributed by atoms with Gasteiger partial charge in [-0.25, -0.2) is 0 Å². The van der Waals surface area contributed by atoms with E-state index < -0.39 is 0 Å². The Kier molecular flexibility index (Phi) is 10.5. The summed E-state index contributed by atoms with van der Waals surface area (Å²) in [6.45, 7) is 6.93. The summed E-state index contributed by atoms with van der Waals surface area (Å²) >= 11 is 0. The maximum atomic E-state index is 5.40. The van der Waals surface area contributed by atoms with Gasteiger partial charge < -0.3 is 15.0 Å². The molecule has 0 aromatic heterocycles. The predicted molar refractivity (Wildman–Crippen MR) is 81.1 cm³/mol. The van der Waals surface area contributed by atoms with Crippen molar-refractivity contribution < 1.29 is 4.74 Å². The lowest BCUT2D eigenvalue weighted by Crippen LogP contribution is -2.39. The summed E-state index contributed by atoms with van der Waals surface area (Å²) in [5.74, 6) is 1.74. The molecular weight excluding hydrogens is 271 g/mol. The van der Waals surface area contributed by atoms with Crippen LogP contribution in [0.3, 0.4) is 0 Å². The zero-order chi connectivity index (χ0) is 11.2. The summed E-state index contributed by atoms with van der Waals surface area (Å²) in [5.41, 5.74) is 0. The van der Waals surface area contributed by atoms with Crippen LogP contribution in [0, 0.1) is 11.8 Å². The highest BCUT2D eigenvalue weighted by molar-refractivity contribution is 5.85. The third-order valence-corrected chi connectivity index (χ3v) is 3.88. The van der Waals surface area contributed by atoms with Gasteiger partial charge in [-0.1, -0.05) is 0 Å². The predicted octanol–water partition coefficient (Wildman–Crippen LogP) is 2.19. The number of hydrogen-bond acceptors (Lipinski definition) is 3. The molecule has 0 aliphatic carbocycles. The van der Waals surface area contributed by atoms with E-state index in [0.717, 1.165) is 25.0 Å². The van der Waals surface area contributed by atoms with Gasteiger partial charge in [0.25, 0.3) is 0 Å². The van der Waals surface area contributed by atoms with Crippen molar-refractivity contribution in [3.63, 3.8) is 0 Å². The molecule has 1 atom stereocenters. The quantitative estimate of drug-likeness (QED) is 0.861. The summed E-state index contributed by atoms with van der Waals surface area (Å²) in [6.07, 6.45) is 5.28. The SMILES string of the molecule is CN(CC1CCOCC1)CC1CCCNC1.Cl.Cl.